The highest BCUT2D eigenvalue weighted by Crippen LogP contribution is 2.33. The zero-order valence-corrected chi connectivity index (χ0v) is 15.6. The van der Waals surface area contributed by atoms with Crippen LogP contribution in [0.2, 0.25) is 0 Å². The van der Waals surface area contributed by atoms with Gasteiger partial charge in [0, 0.05) is 12.8 Å². The van der Waals surface area contributed by atoms with E-state index < -0.39 is 11.9 Å². The summed E-state index contributed by atoms with van der Waals surface area (Å²) in [5, 5.41) is 0.544. The van der Waals surface area contributed by atoms with Gasteiger partial charge in [0.15, 0.2) is 10.3 Å². The molecular formula is C19H17F3N4OS. The maximum absolute atomic E-state index is 12.9. The Balaban J connectivity index is 1.67. The van der Waals surface area contributed by atoms with E-state index >= 15 is 0 Å². The number of nitrogens with zero attached hydrogens (tertiary/aromatic N) is 4. The van der Waals surface area contributed by atoms with E-state index in [-0.39, 0.29) is 11.3 Å². The summed E-state index contributed by atoms with van der Waals surface area (Å²) in [7, 11) is 0. The summed E-state index contributed by atoms with van der Waals surface area (Å²) in [6, 6.07) is 10.6. The van der Waals surface area contributed by atoms with Crippen LogP contribution in [0.25, 0.3) is 11.3 Å². The van der Waals surface area contributed by atoms with E-state index in [0.29, 0.717) is 11.7 Å². The first-order valence-corrected chi connectivity index (χ1v) is 9.63. The molecule has 0 saturated carbocycles. The Bertz CT molecular complexity index is 940. The van der Waals surface area contributed by atoms with Crippen molar-refractivity contribution in [3.05, 3.63) is 54.5 Å². The van der Waals surface area contributed by atoms with E-state index in [0.717, 1.165) is 54.7 Å². The fourth-order valence-corrected chi connectivity index (χ4v) is 3.89. The van der Waals surface area contributed by atoms with E-state index in [1.54, 1.807) is 6.20 Å². The Hall–Kier alpha value is -2.39. The lowest BCUT2D eigenvalue weighted by molar-refractivity contribution is -0.141. The molecule has 28 heavy (non-hydrogen) atoms. The average molecular weight is 406 g/mol. The van der Waals surface area contributed by atoms with Gasteiger partial charge in [-0.15, -0.1) is 0 Å². The average Bonchev–Trinajstić information content (AvgIpc) is 3.33. The van der Waals surface area contributed by atoms with Crippen LogP contribution >= 0.6 is 11.8 Å². The standard InChI is InChI=1S/C19H17F3N4OS/c20-19(21,22)16-8-9-23-17(25-16)28-18-24-11-15(13-5-2-1-3-6-13)26(18)12-14-7-4-10-27-14/h1-3,5-6,8-9,11,14H,4,7,10,12H2. The molecule has 1 aliphatic heterocycles. The van der Waals surface area contributed by atoms with Gasteiger partial charge in [0.25, 0.3) is 0 Å². The molecule has 0 bridgehead atoms. The molecule has 1 fully saturated rings. The van der Waals surface area contributed by atoms with Gasteiger partial charge in [-0.1, -0.05) is 30.3 Å². The number of aromatic nitrogens is 4. The van der Waals surface area contributed by atoms with Gasteiger partial charge in [0.2, 0.25) is 0 Å². The second-order valence-electron chi connectivity index (χ2n) is 6.36. The van der Waals surface area contributed by atoms with Crippen molar-refractivity contribution >= 4 is 11.8 Å². The minimum absolute atomic E-state index is 0.00799. The molecule has 146 valence electrons. The van der Waals surface area contributed by atoms with Crippen molar-refractivity contribution in [2.75, 3.05) is 6.61 Å². The Morgan fingerprint density at radius 3 is 2.68 bits per heavy atom. The van der Waals surface area contributed by atoms with Gasteiger partial charge >= 0.3 is 6.18 Å². The normalized spacial score (nSPS) is 17.2. The highest BCUT2D eigenvalue weighted by Gasteiger charge is 2.33. The molecule has 4 rings (SSSR count). The Morgan fingerprint density at radius 2 is 1.96 bits per heavy atom. The fourth-order valence-electron chi connectivity index (χ4n) is 3.08. The van der Waals surface area contributed by atoms with Crippen LogP contribution in [-0.4, -0.2) is 32.2 Å². The molecule has 1 saturated heterocycles. The number of halogens is 3. The van der Waals surface area contributed by atoms with Crippen molar-refractivity contribution in [1.29, 1.82) is 0 Å². The molecule has 0 aliphatic carbocycles. The van der Waals surface area contributed by atoms with Gasteiger partial charge in [0.05, 0.1) is 24.5 Å². The third kappa shape index (κ3) is 4.20. The number of hydrogen-bond donors (Lipinski definition) is 0. The van der Waals surface area contributed by atoms with Crippen LogP contribution in [0.4, 0.5) is 13.2 Å². The molecule has 1 unspecified atom stereocenters. The third-order valence-electron chi connectivity index (χ3n) is 4.41. The van der Waals surface area contributed by atoms with Crippen LogP contribution < -0.4 is 0 Å². The van der Waals surface area contributed by atoms with Crippen molar-refractivity contribution in [2.24, 2.45) is 0 Å². The largest absolute Gasteiger partial charge is 0.433 e. The lowest BCUT2D eigenvalue weighted by atomic mass is 10.1. The van der Waals surface area contributed by atoms with Crippen molar-refractivity contribution in [1.82, 2.24) is 19.5 Å². The second-order valence-corrected chi connectivity index (χ2v) is 7.30. The first-order valence-electron chi connectivity index (χ1n) is 8.81. The van der Waals surface area contributed by atoms with Crippen LogP contribution in [0.1, 0.15) is 18.5 Å². The quantitative estimate of drug-likeness (QED) is 0.576. The minimum Gasteiger partial charge on any atom is -0.376 e. The molecule has 0 radical (unpaired) electrons. The van der Waals surface area contributed by atoms with Crippen molar-refractivity contribution in [3.63, 3.8) is 0 Å². The number of alkyl halides is 3. The molecule has 3 heterocycles. The van der Waals surface area contributed by atoms with E-state index in [9.17, 15) is 13.2 Å². The van der Waals surface area contributed by atoms with Crippen LogP contribution in [0.15, 0.2) is 59.1 Å². The topological polar surface area (TPSA) is 52.8 Å². The van der Waals surface area contributed by atoms with Gasteiger partial charge in [-0.2, -0.15) is 13.2 Å². The summed E-state index contributed by atoms with van der Waals surface area (Å²) in [6.45, 7) is 1.30. The third-order valence-corrected chi connectivity index (χ3v) is 5.29. The van der Waals surface area contributed by atoms with E-state index in [4.69, 9.17) is 4.74 Å². The lowest BCUT2D eigenvalue weighted by Crippen LogP contribution is -2.16. The fraction of sp³-hybridized carbons (Fsp3) is 0.316. The first-order chi connectivity index (χ1) is 13.5. The number of hydrogen-bond acceptors (Lipinski definition) is 5. The number of imidazole rings is 1. The van der Waals surface area contributed by atoms with E-state index in [1.165, 1.54) is 0 Å². The van der Waals surface area contributed by atoms with Gasteiger partial charge in [-0.25, -0.2) is 15.0 Å². The van der Waals surface area contributed by atoms with Crippen molar-refractivity contribution in [3.8, 4) is 11.3 Å². The van der Waals surface area contributed by atoms with Gasteiger partial charge < -0.3 is 9.30 Å². The highest BCUT2D eigenvalue weighted by molar-refractivity contribution is 7.99. The second kappa shape index (κ2) is 7.92. The van der Waals surface area contributed by atoms with Crippen LogP contribution in [-0.2, 0) is 17.5 Å². The first kappa shape index (κ1) is 18.9. The molecule has 1 aliphatic rings. The zero-order chi connectivity index (χ0) is 19.6. The molecule has 1 atom stereocenters. The molecule has 5 nitrogen and oxygen atoms in total. The summed E-state index contributed by atoms with van der Waals surface area (Å²) >= 11 is 1.02. The summed E-state index contributed by atoms with van der Waals surface area (Å²) in [6.07, 6.45) is 0.318. The summed E-state index contributed by atoms with van der Waals surface area (Å²) < 4.78 is 46.6. The summed E-state index contributed by atoms with van der Waals surface area (Å²) in [5.74, 6) is 0. The molecule has 2 aromatic heterocycles. The van der Waals surface area contributed by atoms with Crippen molar-refractivity contribution in [2.45, 2.75) is 42.0 Å². The number of rotatable bonds is 5. The molecular weight excluding hydrogens is 389 g/mol. The van der Waals surface area contributed by atoms with Crippen LogP contribution in [0.3, 0.4) is 0 Å². The summed E-state index contributed by atoms with van der Waals surface area (Å²) in [5.41, 5.74) is 0.890. The summed E-state index contributed by atoms with van der Waals surface area (Å²) in [4.78, 5) is 12.0. The molecule has 9 heteroatoms. The number of ether oxygens (including phenoxy) is 1. The highest BCUT2D eigenvalue weighted by atomic mass is 32.2. The predicted molar refractivity (Wildman–Crippen MR) is 97.8 cm³/mol. The monoisotopic (exact) mass is 406 g/mol. The molecule has 0 N–H and O–H groups in total. The van der Waals surface area contributed by atoms with Crippen molar-refractivity contribution < 1.29 is 17.9 Å². The van der Waals surface area contributed by atoms with Gasteiger partial charge in [-0.3, -0.25) is 0 Å². The van der Waals surface area contributed by atoms with E-state index in [2.05, 4.69) is 15.0 Å². The maximum Gasteiger partial charge on any atom is 0.433 e. The smallest absolute Gasteiger partial charge is 0.376 e. The SMILES string of the molecule is FC(F)(F)c1ccnc(Sc2ncc(-c3ccccc3)n2CC2CCCO2)n1. The van der Waals surface area contributed by atoms with Crippen LogP contribution in [0.5, 0.6) is 0 Å². The Labute approximate surface area is 164 Å². The molecule has 3 aromatic rings. The maximum atomic E-state index is 12.9. The molecule has 0 amide bonds. The minimum atomic E-state index is -4.51. The van der Waals surface area contributed by atoms with Gasteiger partial charge in [-0.05, 0) is 36.2 Å². The van der Waals surface area contributed by atoms with E-state index in [1.807, 2.05) is 34.9 Å². The van der Waals surface area contributed by atoms with Gasteiger partial charge in [0.1, 0.15) is 5.69 Å². The molecule has 1 aromatic carbocycles. The predicted octanol–water partition coefficient (Wildman–Crippen LogP) is 4.69. The number of benzene rings is 1. The Kier molecular flexibility index (Phi) is 5.36. The Morgan fingerprint density at radius 1 is 1.14 bits per heavy atom. The van der Waals surface area contributed by atoms with Crippen LogP contribution in [0, 0.1) is 0 Å². The molecule has 0 spiro atoms. The zero-order valence-electron chi connectivity index (χ0n) is 14.8. The lowest BCUT2D eigenvalue weighted by Gasteiger charge is -2.16.